The average Bonchev–Trinajstić information content (AvgIpc) is 3.52. The number of rotatable bonds is 9. The summed E-state index contributed by atoms with van der Waals surface area (Å²) in [6.45, 7) is 5.56. The van der Waals surface area contributed by atoms with Crippen LogP contribution in [-0.4, -0.2) is 54.4 Å². The Hall–Kier alpha value is -2.04. The zero-order valence-electron chi connectivity index (χ0n) is 16.4. The Morgan fingerprint density at radius 1 is 1.19 bits per heavy atom. The predicted octanol–water partition coefficient (Wildman–Crippen LogP) is 3.34. The predicted molar refractivity (Wildman–Crippen MR) is 105 cm³/mol. The standard InChI is InChI=1S/C22H32N2O3/c1-2-13-24(16-18-10-11-18)22(26)19-7-6-14-23(17-19)21(25)12-15-27-20-8-4-3-5-9-20/h3-5,8-9,18-19H,2,6-7,10-17H2,1H3. The summed E-state index contributed by atoms with van der Waals surface area (Å²) in [5.41, 5.74) is 0. The topological polar surface area (TPSA) is 49.9 Å². The second kappa shape index (κ2) is 9.77. The van der Waals surface area contributed by atoms with E-state index >= 15 is 0 Å². The minimum atomic E-state index is -0.0389. The van der Waals surface area contributed by atoms with Crippen molar-refractivity contribution in [3.8, 4) is 5.75 Å². The Morgan fingerprint density at radius 2 is 1.96 bits per heavy atom. The molecule has 148 valence electrons. The fourth-order valence-electron chi connectivity index (χ4n) is 3.77. The molecule has 0 N–H and O–H groups in total. The molecule has 1 heterocycles. The summed E-state index contributed by atoms with van der Waals surface area (Å²) in [6, 6.07) is 9.56. The number of amides is 2. The molecule has 0 bridgehead atoms. The van der Waals surface area contributed by atoms with Gasteiger partial charge in [0.2, 0.25) is 11.8 Å². The van der Waals surface area contributed by atoms with Gasteiger partial charge in [-0.3, -0.25) is 9.59 Å². The highest BCUT2D eigenvalue weighted by atomic mass is 16.5. The van der Waals surface area contributed by atoms with Crippen molar-refractivity contribution >= 4 is 11.8 Å². The van der Waals surface area contributed by atoms with Crippen LogP contribution in [0.2, 0.25) is 0 Å². The molecule has 1 unspecified atom stereocenters. The van der Waals surface area contributed by atoms with Crippen molar-refractivity contribution in [1.82, 2.24) is 9.80 Å². The molecular formula is C22H32N2O3. The molecule has 1 aromatic carbocycles. The van der Waals surface area contributed by atoms with Crippen LogP contribution in [0.5, 0.6) is 5.75 Å². The Kier molecular flexibility index (Phi) is 7.13. The molecular weight excluding hydrogens is 340 g/mol. The third-order valence-electron chi connectivity index (χ3n) is 5.43. The minimum Gasteiger partial charge on any atom is -0.493 e. The monoisotopic (exact) mass is 372 g/mol. The van der Waals surface area contributed by atoms with Crippen molar-refractivity contribution in [3.05, 3.63) is 30.3 Å². The maximum absolute atomic E-state index is 13.0. The highest BCUT2D eigenvalue weighted by Crippen LogP contribution is 2.31. The number of likely N-dealkylation sites (tertiary alicyclic amines) is 1. The first-order valence-electron chi connectivity index (χ1n) is 10.4. The SMILES string of the molecule is CCCN(CC1CC1)C(=O)C1CCCN(C(=O)CCOc2ccccc2)C1. The van der Waals surface area contributed by atoms with E-state index in [9.17, 15) is 9.59 Å². The van der Waals surface area contributed by atoms with Gasteiger partial charge in [-0.25, -0.2) is 0 Å². The van der Waals surface area contributed by atoms with Crippen LogP contribution in [0.15, 0.2) is 30.3 Å². The molecule has 2 amide bonds. The molecule has 1 aromatic rings. The van der Waals surface area contributed by atoms with Crippen LogP contribution < -0.4 is 4.74 Å². The zero-order chi connectivity index (χ0) is 19.1. The van der Waals surface area contributed by atoms with E-state index in [-0.39, 0.29) is 17.7 Å². The van der Waals surface area contributed by atoms with Crippen molar-refractivity contribution < 1.29 is 14.3 Å². The van der Waals surface area contributed by atoms with Gasteiger partial charge >= 0.3 is 0 Å². The highest BCUT2D eigenvalue weighted by molar-refractivity contribution is 5.81. The Labute approximate surface area is 162 Å². The van der Waals surface area contributed by atoms with E-state index in [1.165, 1.54) is 12.8 Å². The van der Waals surface area contributed by atoms with Crippen LogP contribution in [0, 0.1) is 11.8 Å². The lowest BCUT2D eigenvalue weighted by Crippen LogP contribution is -2.47. The lowest BCUT2D eigenvalue weighted by molar-refractivity contribution is -0.141. The third kappa shape index (κ3) is 5.98. The van der Waals surface area contributed by atoms with E-state index in [4.69, 9.17) is 4.74 Å². The second-order valence-corrected chi connectivity index (χ2v) is 7.82. The number of benzene rings is 1. The summed E-state index contributed by atoms with van der Waals surface area (Å²) < 4.78 is 5.64. The second-order valence-electron chi connectivity index (χ2n) is 7.82. The van der Waals surface area contributed by atoms with Gasteiger partial charge in [-0.1, -0.05) is 25.1 Å². The summed E-state index contributed by atoms with van der Waals surface area (Å²) in [7, 11) is 0. The van der Waals surface area contributed by atoms with Gasteiger partial charge < -0.3 is 14.5 Å². The van der Waals surface area contributed by atoms with Gasteiger partial charge in [0.05, 0.1) is 18.9 Å². The van der Waals surface area contributed by atoms with Gasteiger partial charge in [0.15, 0.2) is 0 Å². The summed E-state index contributed by atoms with van der Waals surface area (Å²) in [4.78, 5) is 29.5. The van der Waals surface area contributed by atoms with E-state index in [1.807, 2.05) is 35.2 Å². The van der Waals surface area contributed by atoms with Crippen LogP contribution in [0.4, 0.5) is 0 Å². The molecule has 5 heteroatoms. The Balaban J connectivity index is 1.47. The molecule has 0 spiro atoms. The molecule has 5 nitrogen and oxygen atoms in total. The van der Waals surface area contributed by atoms with E-state index in [0.717, 1.165) is 44.6 Å². The molecule has 1 saturated carbocycles. The summed E-state index contributed by atoms with van der Waals surface area (Å²) >= 11 is 0. The minimum absolute atomic E-state index is 0.0389. The van der Waals surface area contributed by atoms with E-state index in [1.54, 1.807) is 0 Å². The van der Waals surface area contributed by atoms with E-state index < -0.39 is 0 Å². The van der Waals surface area contributed by atoms with Gasteiger partial charge in [-0.05, 0) is 50.2 Å². The first-order chi connectivity index (χ1) is 13.2. The number of carbonyl (C=O) groups excluding carboxylic acids is 2. The molecule has 0 aromatic heterocycles. The fraction of sp³-hybridized carbons (Fsp3) is 0.636. The maximum Gasteiger partial charge on any atom is 0.227 e. The van der Waals surface area contributed by atoms with Crippen molar-refractivity contribution in [2.24, 2.45) is 11.8 Å². The smallest absolute Gasteiger partial charge is 0.227 e. The number of nitrogens with zero attached hydrogens (tertiary/aromatic N) is 2. The van der Waals surface area contributed by atoms with Crippen LogP contribution in [0.3, 0.4) is 0 Å². The summed E-state index contributed by atoms with van der Waals surface area (Å²) in [5, 5.41) is 0. The molecule has 1 atom stereocenters. The first-order valence-corrected chi connectivity index (χ1v) is 10.4. The van der Waals surface area contributed by atoms with Gasteiger partial charge in [-0.15, -0.1) is 0 Å². The van der Waals surface area contributed by atoms with Crippen LogP contribution >= 0.6 is 0 Å². The molecule has 0 radical (unpaired) electrons. The number of carbonyl (C=O) groups is 2. The van der Waals surface area contributed by atoms with Crippen LogP contribution in [0.1, 0.15) is 45.4 Å². The number of para-hydroxylation sites is 1. The van der Waals surface area contributed by atoms with Gasteiger partial charge in [0, 0.05) is 26.2 Å². The van der Waals surface area contributed by atoms with Gasteiger partial charge in [0.1, 0.15) is 5.75 Å². The molecule has 3 rings (SSSR count). The third-order valence-corrected chi connectivity index (χ3v) is 5.43. The zero-order valence-corrected chi connectivity index (χ0v) is 16.4. The van der Waals surface area contributed by atoms with Crippen LogP contribution in [0.25, 0.3) is 0 Å². The van der Waals surface area contributed by atoms with Gasteiger partial charge in [-0.2, -0.15) is 0 Å². The van der Waals surface area contributed by atoms with Gasteiger partial charge in [0.25, 0.3) is 0 Å². The number of hydrogen-bond acceptors (Lipinski definition) is 3. The number of piperidine rings is 1. The number of hydrogen-bond donors (Lipinski definition) is 0. The lowest BCUT2D eigenvalue weighted by Gasteiger charge is -2.35. The maximum atomic E-state index is 13.0. The summed E-state index contributed by atoms with van der Waals surface area (Å²) in [6.07, 6.45) is 5.66. The quantitative estimate of drug-likeness (QED) is 0.668. The van der Waals surface area contributed by atoms with E-state index in [0.29, 0.717) is 25.5 Å². The number of ether oxygens (including phenoxy) is 1. The first kappa shape index (κ1) is 19.7. The molecule has 2 fully saturated rings. The normalized spacial score (nSPS) is 19.6. The largest absolute Gasteiger partial charge is 0.493 e. The fourth-order valence-corrected chi connectivity index (χ4v) is 3.77. The van der Waals surface area contributed by atoms with Crippen molar-refractivity contribution in [1.29, 1.82) is 0 Å². The van der Waals surface area contributed by atoms with E-state index in [2.05, 4.69) is 11.8 Å². The Morgan fingerprint density at radius 3 is 2.67 bits per heavy atom. The highest BCUT2D eigenvalue weighted by Gasteiger charge is 2.33. The van der Waals surface area contributed by atoms with Crippen molar-refractivity contribution in [3.63, 3.8) is 0 Å². The van der Waals surface area contributed by atoms with Crippen molar-refractivity contribution in [2.45, 2.75) is 45.4 Å². The molecule has 1 saturated heterocycles. The molecule has 2 aliphatic rings. The molecule has 27 heavy (non-hydrogen) atoms. The molecule has 1 aliphatic carbocycles. The van der Waals surface area contributed by atoms with Crippen molar-refractivity contribution in [2.75, 3.05) is 32.8 Å². The summed E-state index contributed by atoms with van der Waals surface area (Å²) in [5.74, 6) is 1.79. The Bertz CT molecular complexity index is 615. The average molecular weight is 373 g/mol. The van der Waals surface area contributed by atoms with Crippen LogP contribution in [-0.2, 0) is 9.59 Å². The molecule has 1 aliphatic heterocycles. The lowest BCUT2D eigenvalue weighted by atomic mass is 9.96.